The minimum atomic E-state index is -0.289. The fourth-order valence-corrected chi connectivity index (χ4v) is 4.08. The Balaban J connectivity index is 2.43. The van der Waals surface area contributed by atoms with Crippen LogP contribution in [0.5, 0.6) is 0 Å². The first-order valence-electron chi connectivity index (χ1n) is 6.16. The Morgan fingerprint density at radius 2 is 1.89 bits per heavy atom. The zero-order valence-corrected chi connectivity index (χ0v) is 12.3. The summed E-state index contributed by atoms with van der Waals surface area (Å²) < 4.78 is 9.17. The number of aromatic nitrogens is 2. The average Bonchev–Trinajstić information content (AvgIpc) is 2.70. The zero-order valence-electron chi connectivity index (χ0n) is 11.4. The van der Waals surface area contributed by atoms with Gasteiger partial charge in [-0.15, -0.1) is 11.3 Å². The smallest absolute Gasteiger partial charge is 0.330 e. The van der Waals surface area contributed by atoms with Gasteiger partial charge in [-0.05, 0) is 13.8 Å². The van der Waals surface area contributed by atoms with Crippen LogP contribution in [0.2, 0.25) is 0 Å². The van der Waals surface area contributed by atoms with Crippen LogP contribution in [0.15, 0.2) is 9.59 Å². The van der Waals surface area contributed by atoms with Crippen molar-refractivity contribution >= 4 is 21.6 Å². The van der Waals surface area contributed by atoms with Crippen molar-refractivity contribution in [2.45, 2.75) is 32.5 Å². The maximum atomic E-state index is 12.2. The van der Waals surface area contributed by atoms with E-state index in [0.717, 1.165) is 26.9 Å². The van der Waals surface area contributed by atoms with E-state index >= 15 is 0 Å². The van der Waals surface area contributed by atoms with Crippen LogP contribution in [0.25, 0.3) is 10.2 Å². The van der Waals surface area contributed by atoms with Gasteiger partial charge in [0.25, 0.3) is 5.56 Å². The summed E-state index contributed by atoms with van der Waals surface area (Å²) in [5.74, 6) is 0. The van der Waals surface area contributed by atoms with Crippen LogP contribution >= 0.6 is 11.3 Å². The molecular weight excluding hydrogens is 264 g/mol. The number of ether oxygens (including phenoxy) is 1. The van der Waals surface area contributed by atoms with Crippen molar-refractivity contribution in [3.8, 4) is 0 Å². The number of fused-ring (bicyclic) bond motifs is 3. The van der Waals surface area contributed by atoms with Gasteiger partial charge in [0.2, 0.25) is 0 Å². The minimum Gasteiger partial charge on any atom is -0.370 e. The molecule has 0 saturated heterocycles. The lowest BCUT2D eigenvalue weighted by molar-refractivity contribution is -0.0384. The lowest BCUT2D eigenvalue weighted by Gasteiger charge is -2.29. The molecular formula is C13H16N2O3S. The molecule has 1 aliphatic heterocycles. The third-order valence-electron chi connectivity index (χ3n) is 3.66. The molecule has 5 nitrogen and oxygen atoms in total. The monoisotopic (exact) mass is 280 g/mol. The minimum absolute atomic E-state index is 0.210. The van der Waals surface area contributed by atoms with Crippen molar-refractivity contribution in [3.63, 3.8) is 0 Å². The van der Waals surface area contributed by atoms with E-state index in [1.54, 1.807) is 11.6 Å². The summed E-state index contributed by atoms with van der Waals surface area (Å²) >= 11 is 1.49. The van der Waals surface area contributed by atoms with Gasteiger partial charge in [0.15, 0.2) is 0 Å². The summed E-state index contributed by atoms with van der Waals surface area (Å²) in [5, 5.41) is 0. The first-order valence-corrected chi connectivity index (χ1v) is 6.98. The molecule has 0 fully saturated rings. The van der Waals surface area contributed by atoms with Gasteiger partial charge in [-0.2, -0.15) is 0 Å². The number of hydrogen-bond acceptors (Lipinski definition) is 4. The molecule has 0 radical (unpaired) electrons. The molecule has 0 spiro atoms. The Bertz CT molecular complexity index is 795. The Hall–Kier alpha value is -1.40. The topological polar surface area (TPSA) is 53.2 Å². The maximum absolute atomic E-state index is 12.2. The third kappa shape index (κ3) is 1.70. The van der Waals surface area contributed by atoms with Crippen LogP contribution < -0.4 is 11.2 Å². The lowest BCUT2D eigenvalue weighted by Crippen LogP contribution is -2.37. The number of thiophene rings is 1. The molecule has 1 aliphatic rings. The summed E-state index contributed by atoms with van der Waals surface area (Å²) in [4.78, 5) is 25.4. The van der Waals surface area contributed by atoms with Crippen molar-refractivity contribution in [2.24, 2.45) is 14.1 Å². The highest BCUT2D eigenvalue weighted by atomic mass is 32.1. The molecule has 102 valence electrons. The average molecular weight is 280 g/mol. The molecule has 0 saturated carbocycles. The van der Waals surface area contributed by atoms with Crippen LogP contribution in [-0.2, 0) is 31.9 Å². The molecule has 0 N–H and O–H groups in total. The molecule has 19 heavy (non-hydrogen) atoms. The van der Waals surface area contributed by atoms with Gasteiger partial charge < -0.3 is 4.74 Å². The second-order valence-electron chi connectivity index (χ2n) is 5.61. The normalized spacial score (nSPS) is 17.7. The summed E-state index contributed by atoms with van der Waals surface area (Å²) in [6.07, 6.45) is 0.777. The molecule has 6 heteroatoms. The van der Waals surface area contributed by atoms with Gasteiger partial charge in [0.05, 0.1) is 17.7 Å². The van der Waals surface area contributed by atoms with E-state index in [-0.39, 0.29) is 16.9 Å². The summed E-state index contributed by atoms with van der Waals surface area (Å²) in [7, 11) is 3.22. The van der Waals surface area contributed by atoms with Crippen molar-refractivity contribution in [2.75, 3.05) is 0 Å². The largest absolute Gasteiger partial charge is 0.370 e. The van der Waals surface area contributed by atoms with Crippen molar-refractivity contribution in [3.05, 3.63) is 31.3 Å². The first kappa shape index (κ1) is 12.6. The number of nitrogens with zero attached hydrogens (tertiary/aromatic N) is 2. The number of rotatable bonds is 0. The molecule has 2 aromatic heterocycles. The first-order chi connectivity index (χ1) is 8.82. The van der Waals surface area contributed by atoms with Gasteiger partial charge in [0.1, 0.15) is 4.70 Å². The van der Waals surface area contributed by atoms with Gasteiger partial charge in [-0.3, -0.25) is 13.9 Å². The molecule has 3 heterocycles. The van der Waals surface area contributed by atoms with E-state index < -0.39 is 0 Å². The van der Waals surface area contributed by atoms with Crippen molar-refractivity contribution in [1.29, 1.82) is 0 Å². The molecule has 0 unspecified atom stereocenters. The third-order valence-corrected chi connectivity index (χ3v) is 4.87. The van der Waals surface area contributed by atoms with E-state index in [9.17, 15) is 9.59 Å². The van der Waals surface area contributed by atoms with Gasteiger partial charge in [-0.1, -0.05) is 0 Å². The van der Waals surface area contributed by atoms with Gasteiger partial charge in [-0.25, -0.2) is 4.79 Å². The fourth-order valence-electron chi connectivity index (χ4n) is 2.56. The summed E-state index contributed by atoms with van der Waals surface area (Å²) in [6, 6.07) is 0. The highest BCUT2D eigenvalue weighted by molar-refractivity contribution is 7.19. The van der Waals surface area contributed by atoms with Crippen LogP contribution in [0.4, 0.5) is 0 Å². The molecule has 0 aromatic carbocycles. The van der Waals surface area contributed by atoms with E-state index in [0.29, 0.717) is 11.3 Å². The SMILES string of the molecule is Cn1c(=O)c2sc3c(c2n(C)c1=O)COC(C)(C)C3. The van der Waals surface area contributed by atoms with Crippen LogP contribution in [0.1, 0.15) is 24.3 Å². The zero-order chi connectivity index (χ0) is 13.9. The predicted molar refractivity (Wildman–Crippen MR) is 74.9 cm³/mol. The second-order valence-corrected chi connectivity index (χ2v) is 6.72. The summed E-state index contributed by atoms with van der Waals surface area (Å²) in [6.45, 7) is 4.54. The maximum Gasteiger partial charge on any atom is 0.330 e. The van der Waals surface area contributed by atoms with Crippen LogP contribution in [-0.4, -0.2) is 14.7 Å². The molecule has 3 rings (SSSR count). The van der Waals surface area contributed by atoms with Gasteiger partial charge in [0, 0.05) is 31.0 Å². The van der Waals surface area contributed by atoms with Gasteiger partial charge >= 0.3 is 5.69 Å². The van der Waals surface area contributed by atoms with E-state index in [2.05, 4.69) is 0 Å². The van der Waals surface area contributed by atoms with Crippen LogP contribution in [0, 0.1) is 0 Å². The van der Waals surface area contributed by atoms with E-state index in [1.807, 2.05) is 13.8 Å². The molecule has 0 atom stereocenters. The Morgan fingerprint density at radius 3 is 2.58 bits per heavy atom. The van der Waals surface area contributed by atoms with E-state index in [1.165, 1.54) is 18.4 Å². The number of aryl methyl sites for hydroxylation is 1. The van der Waals surface area contributed by atoms with Crippen molar-refractivity contribution < 1.29 is 4.74 Å². The Morgan fingerprint density at radius 1 is 1.21 bits per heavy atom. The lowest BCUT2D eigenvalue weighted by atomic mass is 9.98. The highest BCUT2D eigenvalue weighted by Crippen LogP contribution is 2.36. The highest BCUT2D eigenvalue weighted by Gasteiger charge is 2.30. The fraction of sp³-hybridized carbons (Fsp3) is 0.538. The quantitative estimate of drug-likeness (QED) is 0.727. The number of hydrogen-bond donors (Lipinski definition) is 0. The van der Waals surface area contributed by atoms with Crippen LogP contribution in [0.3, 0.4) is 0 Å². The Kier molecular flexibility index (Phi) is 2.53. The molecule has 0 amide bonds. The van der Waals surface area contributed by atoms with Crippen molar-refractivity contribution in [1.82, 2.24) is 9.13 Å². The predicted octanol–water partition coefficient (Wildman–Crippen LogP) is 1.15. The molecule has 0 aliphatic carbocycles. The molecule has 2 aromatic rings. The van der Waals surface area contributed by atoms with E-state index in [4.69, 9.17) is 4.74 Å². The summed E-state index contributed by atoms with van der Waals surface area (Å²) in [5.41, 5.74) is 1.02. The second kappa shape index (κ2) is 3.80. The Labute approximate surface area is 114 Å². The molecule has 0 bridgehead atoms. The standard InChI is InChI=1S/C13H16N2O3S/c1-13(2)5-8-7(6-18-13)9-10(19-8)11(16)15(4)12(17)14(9)3/h5-6H2,1-4H3.